The molecule has 0 aliphatic heterocycles. The summed E-state index contributed by atoms with van der Waals surface area (Å²) in [7, 11) is 0. The van der Waals surface area contributed by atoms with E-state index in [1.807, 2.05) is 35.0 Å². The number of primary amides is 1. The molecule has 1 amide bonds. The van der Waals surface area contributed by atoms with Crippen molar-refractivity contribution in [2.75, 3.05) is 0 Å². The van der Waals surface area contributed by atoms with Gasteiger partial charge >= 0.3 is 5.97 Å². The summed E-state index contributed by atoms with van der Waals surface area (Å²) in [6.07, 6.45) is 3.49. The minimum absolute atomic E-state index is 0.413. The van der Waals surface area contributed by atoms with Crippen LogP contribution in [0.15, 0.2) is 79.1 Å². The van der Waals surface area contributed by atoms with E-state index >= 15 is 0 Å². The second-order valence-corrected chi connectivity index (χ2v) is 5.49. The first-order valence-corrected chi connectivity index (χ1v) is 7.77. The minimum atomic E-state index is -0.488. The summed E-state index contributed by atoms with van der Waals surface area (Å²) in [4.78, 5) is 23.6. The summed E-state index contributed by atoms with van der Waals surface area (Å²) < 4.78 is 7.35. The Morgan fingerprint density at radius 2 is 1.56 bits per heavy atom. The first kappa shape index (κ1) is 16.4. The van der Waals surface area contributed by atoms with Gasteiger partial charge in [-0.1, -0.05) is 30.3 Å². The molecule has 0 fully saturated rings. The van der Waals surface area contributed by atoms with Gasteiger partial charge in [0.2, 0.25) is 0 Å². The van der Waals surface area contributed by atoms with Gasteiger partial charge in [0.1, 0.15) is 11.3 Å². The average molecular weight is 333 g/mol. The third-order valence-electron chi connectivity index (χ3n) is 3.68. The van der Waals surface area contributed by atoms with Crippen molar-refractivity contribution in [1.29, 1.82) is 0 Å². The number of carbonyl (C=O) groups excluding carboxylic acids is 2. The lowest BCUT2D eigenvalue weighted by Gasteiger charge is -2.08. The molecule has 0 bridgehead atoms. The van der Waals surface area contributed by atoms with Crippen LogP contribution in [0.2, 0.25) is 0 Å². The molecule has 0 spiro atoms. The number of nitrogens with two attached hydrogens (primary N) is 1. The molecule has 1 heterocycles. The Morgan fingerprint density at radius 1 is 0.880 bits per heavy atom. The van der Waals surface area contributed by atoms with Gasteiger partial charge in [0.05, 0.1) is 11.1 Å². The average Bonchev–Trinajstić information content (AvgIpc) is 2.64. The number of carbonyl (C=O) groups is 2. The molecule has 3 rings (SSSR count). The molecule has 0 aliphatic carbocycles. The number of para-hydroxylation sites is 1. The van der Waals surface area contributed by atoms with Crippen LogP contribution in [0.4, 0.5) is 0 Å². The lowest BCUT2D eigenvalue weighted by atomic mass is 10.2. The van der Waals surface area contributed by atoms with Gasteiger partial charge in [-0.3, -0.25) is 4.79 Å². The predicted octanol–water partition coefficient (Wildman–Crippen LogP) is 2.34. The van der Waals surface area contributed by atoms with Gasteiger partial charge in [-0.25, -0.2) is 4.79 Å². The number of benzene rings is 2. The van der Waals surface area contributed by atoms with Gasteiger partial charge in [0.15, 0.2) is 18.9 Å². The van der Waals surface area contributed by atoms with Gasteiger partial charge < -0.3 is 10.5 Å². The van der Waals surface area contributed by atoms with Gasteiger partial charge in [-0.2, -0.15) is 4.57 Å². The monoisotopic (exact) mass is 333 g/mol. The third-order valence-corrected chi connectivity index (χ3v) is 3.68. The van der Waals surface area contributed by atoms with Gasteiger partial charge in [-0.15, -0.1) is 0 Å². The van der Waals surface area contributed by atoms with E-state index in [1.165, 1.54) is 0 Å². The van der Waals surface area contributed by atoms with Crippen molar-refractivity contribution in [1.82, 2.24) is 0 Å². The van der Waals surface area contributed by atoms with Crippen LogP contribution in [0.1, 0.15) is 26.3 Å². The van der Waals surface area contributed by atoms with E-state index < -0.39 is 11.9 Å². The fraction of sp³-hybridized carbons (Fsp3) is 0.0500. The summed E-state index contributed by atoms with van der Waals surface area (Å²) in [5.74, 6) is -0.421. The number of hydrogen-bond acceptors (Lipinski definition) is 3. The van der Waals surface area contributed by atoms with Gasteiger partial charge in [0.25, 0.3) is 5.91 Å². The number of aromatic nitrogens is 1. The maximum absolute atomic E-state index is 12.3. The molecule has 0 aliphatic rings. The van der Waals surface area contributed by atoms with Crippen LogP contribution < -0.4 is 15.0 Å². The highest BCUT2D eigenvalue weighted by Gasteiger charge is 2.14. The Bertz CT molecular complexity index is 908. The molecule has 0 radical (unpaired) electrons. The van der Waals surface area contributed by atoms with Crippen molar-refractivity contribution in [3.63, 3.8) is 0 Å². The van der Waals surface area contributed by atoms with E-state index in [0.717, 1.165) is 5.56 Å². The van der Waals surface area contributed by atoms with Crippen LogP contribution in [-0.4, -0.2) is 11.9 Å². The molecular weight excluding hydrogens is 316 g/mol. The van der Waals surface area contributed by atoms with E-state index in [1.54, 1.807) is 48.7 Å². The number of amides is 1. The third kappa shape index (κ3) is 4.09. The molecule has 2 N–H and O–H groups in total. The maximum Gasteiger partial charge on any atom is 0.343 e. The smallest absolute Gasteiger partial charge is 0.343 e. The second-order valence-electron chi connectivity index (χ2n) is 5.49. The molecule has 2 aromatic carbocycles. The highest BCUT2D eigenvalue weighted by molar-refractivity contribution is 5.92. The van der Waals surface area contributed by atoms with Crippen molar-refractivity contribution in [3.05, 3.63) is 95.8 Å². The molecule has 25 heavy (non-hydrogen) atoms. The van der Waals surface area contributed by atoms with E-state index in [0.29, 0.717) is 23.4 Å². The molecule has 0 atom stereocenters. The van der Waals surface area contributed by atoms with Crippen LogP contribution >= 0.6 is 0 Å². The first-order valence-electron chi connectivity index (χ1n) is 7.77. The summed E-state index contributed by atoms with van der Waals surface area (Å²) in [6, 6.07) is 19.5. The zero-order chi connectivity index (χ0) is 17.6. The summed E-state index contributed by atoms with van der Waals surface area (Å²) in [5, 5.41) is 0. The molecule has 0 saturated heterocycles. The first-order chi connectivity index (χ1) is 12.1. The molecule has 5 heteroatoms. The predicted molar refractivity (Wildman–Crippen MR) is 92.1 cm³/mol. The second kappa shape index (κ2) is 7.40. The Balaban J connectivity index is 1.83. The summed E-state index contributed by atoms with van der Waals surface area (Å²) in [5.41, 5.74) is 7.04. The molecule has 5 nitrogen and oxygen atoms in total. The van der Waals surface area contributed by atoms with Gasteiger partial charge in [0, 0.05) is 6.07 Å². The highest BCUT2D eigenvalue weighted by atomic mass is 16.5. The van der Waals surface area contributed by atoms with E-state index in [-0.39, 0.29) is 0 Å². The summed E-state index contributed by atoms with van der Waals surface area (Å²) in [6.45, 7) is 0.444. The number of ether oxygens (including phenoxy) is 1. The zero-order valence-corrected chi connectivity index (χ0v) is 13.5. The Morgan fingerprint density at radius 3 is 2.32 bits per heavy atom. The number of esters is 1. The largest absolute Gasteiger partial charge is 0.422 e. The Kier molecular flexibility index (Phi) is 4.85. The quantitative estimate of drug-likeness (QED) is 0.442. The number of nitrogens with zero attached hydrogens (tertiary/aromatic N) is 1. The van der Waals surface area contributed by atoms with E-state index in [9.17, 15) is 9.59 Å². The molecule has 1 aromatic heterocycles. The van der Waals surface area contributed by atoms with Gasteiger partial charge in [-0.05, 0) is 30.3 Å². The normalized spacial score (nSPS) is 10.2. The number of pyridine rings is 1. The van der Waals surface area contributed by atoms with Crippen LogP contribution in [0, 0.1) is 0 Å². The number of rotatable bonds is 5. The van der Waals surface area contributed by atoms with Crippen molar-refractivity contribution < 1.29 is 18.9 Å². The van der Waals surface area contributed by atoms with Crippen LogP contribution in [0.3, 0.4) is 0 Å². The lowest BCUT2D eigenvalue weighted by molar-refractivity contribution is -0.688. The summed E-state index contributed by atoms with van der Waals surface area (Å²) >= 11 is 0. The lowest BCUT2D eigenvalue weighted by Crippen LogP contribution is -2.35. The fourth-order valence-corrected chi connectivity index (χ4v) is 2.43. The number of hydrogen-bond donors (Lipinski definition) is 1. The van der Waals surface area contributed by atoms with Crippen molar-refractivity contribution in [2.24, 2.45) is 5.73 Å². The molecular formula is C20H17N2O3+. The molecule has 0 unspecified atom stereocenters. The Hall–Kier alpha value is -3.47. The fourth-order valence-electron chi connectivity index (χ4n) is 2.43. The molecule has 0 saturated carbocycles. The SMILES string of the molecule is NC(=O)c1ccc[n+](Cc2ccccc2OC(=O)c2ccccc2)c1. The highest BCUT2D eigenvalue weighted by Crippen LogP contribution is 2.19. The van der Waals surface area contributed by atoms with Crippen molar-refractivity contribution >= 4 is 11.9 Å². The van der Waals surface area contributed by atoms with E-state index in [4.69, 9.17) is 10.5 Å². The van der Waals surface area contributed by atoms with Crippen LogP contribution in [0.5, 0.6) is 5.75 Å². The minimum Gasteiger partial charge on any atom is -0.422 e. The zero-order valence-electron chi connectivity index (χ0n) is 13.5. The maximum atomic E-state index is 12.3. The molecule has 3 aromatic rings. The van der Waals surface area contributed by atoms with Crippen molar-refractivity contribution in [2.45, 2.75) is 6.54 Å². The van der Waals surface area contributed by atoms with Crippen LogP contribution in [-0.2, 0) is 6.54 Å². The van der Waals surface area contributed by atoms with E-state index in [2.05, 4.69) is 0 Å². The van der Waals surface area contributed by atoms with Crippen molar-refractivity contribution in [3.8, 4) is 5.75 Å². The van der Waals surface area contributed by atoms with Crippen LogP contribution in [0.25, 0.3) is 0 Å². The Labute approximate surface area is 145 Å². The standard InChI is InChI=1S/C20H16N2O3/c21-19(23)17-10-6-12-22(14-17)13-16-9-4-5-11-18(16)25-20(24)15-7-2-1-3-8-15/h1-12,14H,13H2,(H-,21,23)/p+1. The molecule has 124 valence electrons. The topological polar surface area (TPSA) is 73.3 Å².